The number of nitrogens with zero attached hydrogens (tertiary/aromatic N) is 2. The fraction of sp³-hybridized carbons (Fsp3) is 0.870. The lowest BCUT2D eigenvalue weighted by Crippen LogP contribution is -2.62. The molecule has 5 fully saturated rings. The SMILES string of the molecule is CCC[C@H](NC(=O)[C@@H]1C[C@@]2(CN1C(=O)[C@@H](NC(=O)C(NC(=O)[C@H]1CCCN(CCCOC)C1)C1CCCCC1)C(C)(C)C)C(C)(C)C21CCC1)C(=O)C(=O)NC(C)(C)C. The largest absolute Gasteiger partial charge is 0.385 e. The molecule has 13 heteroatoms. The van der Waals surface area contributed by atoms with Crippen LogP contribution in [-0.2, 0) is 33.5 Å². The number of fused-ring (bicyclic) bond motifs is 1. The monoisotopic (exact) mass is 827 g/mol. The summed E-state index contributed by atoms with van der Waals surface area (Å²) in [5.41, 5.74) is -1.74. The normalized spacial score (nSPS) is 27.0. The number of Topliss-reactive ketones (excluding diaryl/α,β-unsaturated/α-hetero) is 1. The van der Waals surface area contributed by atoms with Gasteiger partial charge in [-0.3, -0.25) is 28.8 Å². The van der Waals surface area contributed by atoms with Crippen molar-refractivity contribution in [1.82, 2.24) is 31.1 Å². The lowest BCUT2D eigenvalue weighted by Gasteiger charge is -2.38. The molecule has 4 N–H and O–H groups in total. The molecular formula is C46H78N6O7. The van der Waals surface area contributed by atoms with Crippen molar-refractivity contribution in [1.29, 1.82) is 0 Å². The van der Waals surface area contributed by atoms with Gasteiger partial charge in [0.05, 0.1) is 12.0 Å². The van der Waals surface area contributed by atoms with E-state index in [4.69, 9.17) is 4.74 Å². The smallest absolute Gasteiger partial charge is 0.290 e. The van der Waals surface area contributed by atoms with E-state index in [-0.39, 0.29) is 52.2 Å². The number of amides is 5. The Bertz CT molecular complexity index is 1560. The molecule has 59 heavy (non-hydrogen) atoms. The molecule has 2 spiro atoms. The van der Waals surface area contributed by atoms with E-state index in [2.05, 4.69) is 40.0 Å². The minimum absolute atomic E-state index is 0.0219. The van der Waals surface area contributed by atoms with Crippen molar-refractivity contribution in [2.45, 2.75) is 182 Å². The Labute approximate surface area is 354 Å². The molecule has 334 valence electrons. The number of ether oxygens (including phenoxy) is 1. The molecule has 13 nitrogen and oxygen atoms in total. The fourth-order valence-corrected chi connectivity index (χ4v) is 11.5. The number of likely N-dealkylation sites (tertiary alicyclic amines) is 2. The molecule has 6 atom stereocenters. The zero-order chi connectivity index (χ0) is 43.6. The zero-order valence-electron chi connectivity index (χ0n) is 38.2. The van der Waals surface area contributed by atoms with E-state index in [0.29, 0.717) is 32.5 Å². The molecule has 5 rings (SSSR count). The summed E-state index contributed by atoms with van der Waals surface area (Å²) in [5.74, 6) is -2.98. The average Bonchev–Trinajstić information content (AvgIpc) is 3.36. The van der Waals surface area contributed by atoms with Crippen molar-refractivity contribution in [3.8, 4) is 0 Å². The van der Waals surface area contributed by atoms with Crippen molar-refractivity contribution >= 4 is 35.3 Å². The molecular weight excluding hydrogens is 749 g/mol. The molecule has 2 heterocycles. The number of carbonyl (C=O) groups excluding carboxylic acids is 6. The molecule has 0 radical (unpaired) electrons. The fourth-order valence-electron chi connectivity index (χ4n) is 11.5. The minimum Gasteiger partial charge on any atom is -0.385 e. The molecule has 3 saturated carbocycles. The van der Waals surface area contributed by atoms with Gasteiger partial charge in [0.2, 0.25) is 29.4 Å². The molecule has 0 aromatic heterocycles. The average molecular weight is 827 g/mol. The van der Waals surface area contributed by atoms with Gasteiger partial charge in [-0.1, -0.05) is 73.6 Å². The molecule has 2 aliphatic heterocycles. The maximum atomic E-state index is 15.2. The van der Waals surface area contributed by atoms with Crippen LogP contribution in [0.1, 0.15) is 152 Å². The molecule has 3 aliphatic carbocycles. The highest BCUT2D eigenvalue weighted by atomic mass is 16.5. The number of piperidine rings is 1. The predicted octanol–water partition coefficient (Wildman–Crippen LogP) is 4.90. The van der Waals surface area contributed by atoms with Crippen LogP contribution in [-0.4, -0.2) is 115 Å². The highest BCUT2D eigenvalue weighted by Gasteiger charge is 2.85. The maximum Gasteiger partial charge on any atom is 0.290 e. The first-order valence-corrected chi connectivity index (χ1v) is 22.9. The van der Waals surface area contributed by atoms with Crippen LogP contribution in [0.4, 0.5) is 0 Å². The van der Waals surface area contributed by atoms with Crippen molar-refractivity contribution in [3.63, 3.8) is 0 Å². The van der Waals surface area contributed by atoms with E-state index in [1.54, 1.807) is 32.8 Å². The van der Waals surface area contributed by atoms with Gasteiger partial charge >= 0.3 is 0 Å². The Kier molecular flexibility index (Phi) is 14.7. The summed E-state index contributed by atoms with van der Waals surface area (Å²) in [6, 6.07) is -3.69. The summed E-state index contributed by atoms with van der Waals surface area (Å²) in [5, 5.41) is 12.0. The zero-order valence-corrected chi connectivity index (χ0v) is 38.2. The lowest BCUT2D eigenvalue weighted by atomic mass is 9.73. The first kappa shape index (κ1) is 47.0. The summed E-state index contributed by atoms with van der Waals surface area (Å²) in [4.78, 5) is 88.9. The van der Waals surface area contributed by atoms with Crippen molar-refractivity contribution in [2.24, 2.45) is 33.5 Å². The quantitative estimate of drug-likeness (QED) is 0.126. The van der Waals surface area contributed by atoms with Crippen LogP contribution >= 0.6 is 0 Å². The second kappa shape index (κ2) is 18.5. The van der Waals surface area contributed by atoms with Gasteiger partial charge in [-0.15, -0.1) is 0 Å². The van der Waals surface area contributed by atoms with Crippen LogP contribution in [0.5, 0.6) is 0 Å². The van der Waals surface area contributed by atoms with Gasteiger partial charge in [-0.2, -0.15) is 0 Å². The Morgan fingerprint density at radius 3 is 2.07 bits per heavy atom. The van der Waals surface area contributed by atoms with Crippen LogP contribution in [0.3, 0.4) is 0 Å². The Balaban J connectivity index is 1.39. The van der Waals surface area contributed by atoms with Gasteiger partial charge in [-0.05, 0) is 107 Å². The van der Waals surface area contributed by atoms with Crippen molar-refractivity contribution < 1.29 is 33.5 Å². The molecule has 0 aromatic carbocycles. The highest BCUT2D eigenvalue weighted by molar-refractivity contribution is 6.38. The molecule has 2 saturated heterocycles. The third-order valence-electron chi connectivity index (χ3n) is 15.1. The number of nitrogens with one attached hydrogen (secondary N) is 4. The summed E-state index contributed by atoms with van der Waals surface area (Å²) in [6.07, 6.45) is 11.7. The number of hydrogen-bond donors (Lipinski definition) is 4. The highest BCUT2D eigenvalue weighted by Crippen LogP contribution is 2.88. The van der Waals surface area contributed by atoms with E-state index in [0.717, 1.165) is 83.7 Å². The summed E-state index contributed by atoms with van der Waals surface area (Å²) in [6.45, 7) is 21.0. The number of carbonyl (C=O) groups is 6. The Morgan fingerprint density at radius 1 is 0.831 bits per heavy atom. The molecule has 0 bridgehead atoms. The molecule has 1 unspecified atom stereocenters. The predicted molar refractivity (Wildman–Crippen MR) is 228 cm³/mol. The lowest BCUT2D eigenvalue weighted by molar-refractivity contribution is -0.146. The van der Waals surface area contributed by atoms with Crippen LogP contribution in [0.15, 0.2) is 0 Å². The second-order valence-electron chi connectivity index (χ2n) is 21.4. The first-order valence-electron chi connectivity index (χ1n) is 22.9. The first-order chi connectivity index (χ1) is 27.6. The minimum atomic E-state index is -1.03. The molecule has 5 aliphatic rings. The van der Waals surface area contributed by atoms with Gasteiger partial charge < -0.3 is 35.8 Å². The van der Waals surface area contributed by atoms with Crippen LogP contribution in [0.25, 0.3) is 0 Å². The maximum absolute atomic E-state index is 15.2. The van der Waals surface area contributed by atoms with Crippen molar-refractivity contribution in [3.05, 3.63) is 0 Å². The third-order valence-corrected chi connectivity index (χ3v) is 15.1. The van der Waals surface area contributed by atoms with E-state index >= 15 is 4.79 Å². The van der Waals surface area contributed by atoms with Crippen LogP contribution < -0.4 is 21.3 Å². The van der Waals surface area contributed by atoms with E-state index in [9.17, 15) is 24.0 Å². The third kappa shape index (κ3) is 9.86. The standard InChI is InChI=1S/C46H78N6O7/c1-11-18-32(35(53)40(57)50-43(5,6)7)47-38(55)33-27-46(44(8,9)45(46)22-16-23-45)29-52(33)41(58)36(42(2,3)4)49-39(56)34(30-19-13-12-14-20-30)48-37(54)31-21-15-24-51(28-31)25-17-26-59-10/h30-34,36H,11-29H2,1-10H3,(H,47,55)(H,48,54)(H,49,56)(H,50,57)/t31-,32-,33-,34?,36+,46+/m0/s1. The molecule has 5 amide bonds. The van der Waals surface area contributed by atoms with Gasteiger partial charge in [-0.25, -0.2) is 0 Å². The summed E-state index contributed by atoms with van der Waals surface area (Å²) in [7, 11) is 1.69. The van der Waals surface area contributed by atoms with Gasteiger partial charge in [0.15, 0.2) is 0 Å². The number of methoxy groups -OCH3 is 1. The van der Waals surface area contributed by atoms with Gasteiger partial charge in [0.1, 0.15) is 18.1 Å². The van der Waals surface area contributed by atoms with E-state index in [1.807, 2.05) is 27.7 Å². The van der Waals surface area contributed by atoms with Gasteiger partial charge in [0.25, 0.3) is 5.91 Å². The number of ketones is 1. The number of rotatable bonds is 16. The Morgan fingerprint density at radius 2 is 1.51 bits per heavy atom. The van der Waals surface area contributed by atoms with Gasteiger partial charge in [0, 0.05) is 44.3 Å². The number of hydrogen-bond acceptors (Lipinski definition) is 8. The molecule has 0 aromatic rings. The van der Waals surface area contributed by atoms with E-state index < -0.39 is 52.7 Å². The van der Waals surface area contributed by atoms with Crippen molar-refractivity contribution in [2.75, 3.05) is 39.9 Å². The van der Waals surface area contributed by atoms with Crippen LogP contribution in [0, 0.1) is 33.5 Å². The Hall–Kier alpha value is -3.06. The summed E-state index contributed by atoms with van der Waals surface area (Å²) < 4.78 is 5.25. The topological polar surface area (TPSA) is 166 Å². The van der Waals surface area contributed by atoms with E-state index in [1.165, 1.54) is 0 Å². The second-order valence-corrected chi connectivity index (χ2v) is 21.4. The van der Waals surface area contributed by atoms with Crippen LogP contribution in [0.2, 0.25) is 0 Å². The summed E-state index contributed by atoms with van der Waals surface area (Å²) >= 11 is 0.